The molecular weight excluding hydrogens is 212 g/mol. The third kappa shape index (κ3) is 15.6. The van der Waals surface area contributed by atoms with Gasteiger partial charge in [-0.15, -0.1) is 0 Å². The smallest absolute Gasteiger partial charge is 0.332 e. The topological polar surface area (TPSA) is 87.0 Å². The molecule has 0 amide bonds. The first-order chi connectivity index (χ1) is 7.62. The fourth-order valence-corrected chi connectivity index (χ4v) is 0.810. The van der Waals surface area contributed by atoms with E-state index in [1.165, 1.54) is 0 Å². The van der Waals surface area contributed by atoms with E-state index in [1.54, 1.807) is 0 Å². The number of rotatable bonds is 7. The van der Waals surface area contributed by atoms with Crippen molar-refractivity contribution in [1.29, 1.82) is 0 Å². The van der Waals surface area contributed by atoms with Crippen LogP contribution in [0.4, 0.5) is 0 Å². The molecule has 0 aromatic carbocycles. The molecular formula is C11H22O5. The van der Waals surface area contributed by atoms with E-state index in [0.29, 0.717) is 6.42 Å². The van der Waals surface area contributed by atoms with Crippen molar-refractivity contribution in [3.63, 3.8) is 0 Å². The van der Waals surface area contributed by atoms with Crippen LogP contribution in [0.2, 0.25) is 0 Å². The Morgan fingerprint density at radius 2 is 1.94 bits per heavy atom. The molecule has 0 saturated heterocycles. The molecule has 0 aromatic rings. The Labute approximate surface area is 96.4 Å². The molecule has 0 aliphatic carbocycles. The van der Waals surface area contributed by atoms with E-state index in [-0.39, 0.29) is 13.2 Å². The van der Waals surface area contributed by atoms with Gasteiger partial charge in [0.2, 0.25) is 6.29 Å². The molecule has 5 nitrogen and oxygen atoms in total. The zero-order valence-electron chi connectivity index (χ0n) is 9.76. The number of unbranched alkanes of at least 4 members (excludes halogenated alkanes) is 2. The van der Waals surface area contributed by atoms with Crippen molar-refractivity contribution in [2.45, 2.75) is 38.9 Å². The fraction of sp³-hybridized carbons (Fsp3) is 0.727. The molecule has 5 heteroatoms. The van der Waals surface area contributed by atoms with Gasteiger partial charge in [-0.1, -0.05) is 26.3 Å². The molecule has 3 N–H and O–H groups in total. The van der Waals surface area contributed by atoms with Gasteiger partial charge in [0.1, 0.15) is 0 Å². The lowest BCUT2D eigenvalue weighted by atomic mass is 10.2. The van der Waals surface area contributed by atoms with Gasteiger partial charge in [-0.25, -0.2) is 4.79 Å². The number of hydrogen-bond donors (Lipinski definition) is 3. The average Bonchev–Trinajstić information content (AvgIpc) is 2.29. The van der Waals surface area contributed by atoms with E-state index in [9.17, 15) is 4.79 Å². The maximum Gasteiger partial charge on any atom is 0.332 e. The minimum atomic E-state index is -0.970. The Morgan fingerprint density at radius 1 is 1.38 bits per heavy atom. The van der Waals surface area contributed by atoms with Crippen LogP contribution in [0.15, 0.2) is 12.7 Å². The highest BCUT2D eigenvalue weighted by atomic mass is 16.6. The van der Waals surface area contributed by atoms with Gasteiger partial charge in [0.05, 0.1) is 13.2 Å². The SMILES string of the molecule is C=CC(=O)OC(O)CCCCC.OCCO. The summed E-state index contributed by atoms with van der Waals surface area (Å²) >= 11 is 0. The first kappa shape index (κ1) is 17.5. The molecule has 0 saturated carbocycles. The zero-order chi connectivity index (χ0) is 12.8. The normalized spacial score (nSPS) is 11.0. The quantitative estimate of drug-likeness (QED) is 0.260. The van der Waals surface area contributed by atoms with Crippen molar-refractivity contribution in [2.24, 2.45) is 0 Å². The predicted octanol–water partition coefficient (Wildman–Crippen LogP) is 0.585. The molecule has 0 rings (SSSR count). The van der Waals surface area contributed by atoms with Gasteiger partial charge < -0.3 is 20.1 Å². The molecule has 0 heterocycles. The molecule has 0 radical (unpaired) electrons. The summed E-state index contributed by atoms with van der Waals surface area (Å²) in [7, 11) is 0. The summed E-state index contributed by atoms with van der Waals surface area (Å²) in [5.74, 6) is -0.570. The first-order valence-electron chi connectivity index (χ1n) is 5.35. The monoisotopic (exact) mass is 234 g/mol. The second kappa shape index (κ2) is 14.1. The van der Waals surface area contributed by atoms with E-state index in [1.807, 2.05) is 0 Å². The molecule has 1 unspecified atom stereocenters. The molecule has 0 aromatic heterocycles. The highest BCUT2D eigenvalue weighted by Gasteiger charge is 2.06. The van der Waals surface area contributed by atoms with Crippen LogP contribution < -0.4 is 0 Å². The second-order valence-corrected chi connectivity index (χ2v) is 3.04. The number of esters is 1. The van der Waals surface area contributed by atoms with Crippen LogP contribution in [0, 0.1) is 0 Å². The summed E-state index contributed by atoms with van der Waals surface area (Å²) in [5, 5.41) is 24.3. The average molecular weight is 234 g/mol. The molecule has 1 atom stereocenters. The maximum absolute atomic E-state index is 10.6. The molecule has 16 heavy (non-hydrogen) atoms. The predicted molar refractivity (Wildman–Crippen MR) is 60.6 cm³/mol. The third-order valence-corrected chi connectivity index (χ3v) is 1.57. The van der Waals surface area contributed by atoms with Crippen molar-refractivity contribution >= 4 is 5.97 Å². The van der Waals surface area contributed by atoms with Crippen molar-refractivity contribution in [3.05, 3.63) is 12.7 Å². The Balaban J connectivity index is 0. The fourth-order valence-electron chi connectivity index (χ4n) is 0.810. The van der Waals surface area contributed by atoms with Crippen molar-refractivity contribution < 1.29 is 24.9 Å². The molecule has 96 valence electrons. The zero-order valence-corrected chi connectivity index (χ0v) is 9.76. The van der Waals surface area contributed by atoms with E-state index < -0.39 is 12.3 Å². The van der Waals surface area contributed by atoms with Gasteiger partial charge in [0, 0.05) is 12.5 Å². The van der Waals surface area contributed by atoms with Crippen LogP contribution in [0.1, 0.15) is 32.6 Å². The standard InChI is InChI=1S/C9H16O3.C2H6O2/c1-3-5-6-7-9(11)12-8(10)4-2;3-1-2-4/h4,9,11H,2-3,5-7H2,1H3;3-4H,1-2H2. The molecule has 0 aliphatic heterocycles. The summed E-state index contributed by atoms with van der Waals surface area (Å²) in [4.78, 5) is 10.6. The summed E-state index contributed by atoms with van der Waals surface area (Å²) < 4.78 is 4.54. The van der Waals surface area contributed by atoms with Crippen LogP contribution in [-0.4, -0.2) is 40.8 Å². The highest BCUT2D eigenvalue weighted by Crippen LogP contribution is 2.04. The molecule has 0 spiro atoms. The van der Waals surface area contributed by atoms with E-state index in [4.69, 9.17) is 15.3 Å². The summed E-state index contributed by atoms with van der Waals surface area (Å²) in [6, 6.07) is 0. The number of ether oxygens (including phenoxy) is 1. The van der Waals surface area contributed by atoms with Gasteiger partial charge in [-0.3, -0.25) is 0 Å². The van der Waals surface area contributed by atoms with Gasteiger partial charge >= 0.3 is 5.97 Å². The van der Waals surface area contributed by atoms with E-state index in [0.717, 1.165) is 25.3 Å². The van der Waals surface area contributed by atoms with Gasteiger partial charge in [-0.05, 0) is 6.42 Å². The van der Waals surface area contributed by atoms with Crippen LogP contribution in [0.3, 0.4) is 0 Å². The number of aliphatic hydroxyl groups excluding tert-OH is 3. The Bertz CT molecular complexity index is 168. The largest absolute Gasteiger partial charge is 0.433 e. The van der Waals surface area contributed by atoms with Crippen molar-refractivity contribution in [1.82, 2.24) is 0 Å². The Kier molecular flexibility index (Phi) is 15.4. The van der Waals surface area contributed by atoms with Crippen LogP contribution in [0.25, 0.3) is 0 Å². The summed E-state index contributed by atoms with van der Waals surface area (Å²) in [5.41, 5.74) is 0. The van der Waals surface area contributed by atoms with Crippen LogP contribution in [0.5, 0.6) is 0 Å². The lowest BCUT2D eigenvalue weighted by Crippen LogP contribution is -2.15. The summed E-state index contributed by atoms with van der Waals surface area (Å²) in [6.45, 7) is 5.05. The van der Waals surface area contributed by atoms with E-state index in [2.05, 4.69) is 18.2 Å². The molecule has 0 bridgehead atoms. The number of carbonyl (C=O) groups excluding carboxylic acids is 1. The van der Waals surface area contributed by atoms with Gasteiger partial charge in [0.25, 0.3) is 0 Å². The van der Waals surface area contributed by atoms with Crippen LogP contribution >= 0.6 is 0 Å². The van der Waals surface area contributed by atoms with E-state index >= 15 is 0 Å². The molecule has 0 aliphatic rings. The molecule has 0 fully saturated rings. The maximum atomic E-state index is 10.6. The Morgan fingerprint density at radius 3 is 2.31 bits per heavy atom. The Hall–Kier alpha value is -0.910. The number of aliphatic hydroxyl groups is 3. The van der Waals surface area contributed by atoms with Crippen molar-refractivity contribution in [3.8, 4) is 0 Å². The van der Waals surface area contributed by atoms with Gasteiger partial charge in [0.15, 0.2) is 0 Å². The lowest BCUT2D eigenvalue weighted by Gasteiger charge is -2.09. The number of hydrogen-bond acceptors (Lipinski definition) is 5. The minimum Gasteiger partial charge on any atom is -0.433 e. The lowest BCUT2D eigenvalue weighted by molar-refractivity contribution is -0.162. The minimum absolute atomic E-state index is 0.125. The van der Waals surface area contributed by atoms with Crippen LogP contribution in [-0.2, 0) is 9.53 Å². The summed E-state index contributed by atoms with van der Waals surface area (Å²) in [6.07, 6.45) is 3.59. The number of carbonyl (C=O) groups is 1. The first-order valence-corrected chi connectivity index (χ1v) is 5.35. The second-order valence-electron chi connectivity index (χ2n) is 3.04. The van der Waals surface area contributed by atoms with Gasteiger partial charge in [-0.2, -0.15) is 0 Å². The highest BCUT2D eigenvalue weighted by molar-refractivity contribution is 5.81. The van der Waals surface area contributed by atoms with Crippen molar-refractivity contribution in [2.75, 3.05) is 13.2 Å². The third-order valence-electron chi connectivity index (χ3n) is 1.57.